The van der Waals surface area contributed by atoms with Crippen LogP contribution in [-0.4, -0.2) is 12.9 Å². The van der Waals surface area contributed by atoms with E-state index in [4.69, 9.17) is 4.74 Å². The molecule has 0 heterocycles. The number of ether oxygens (including phenoxy) is 1. The first kappa shape index (κ1) is 15.8. The van der Waals surface area contributed by atoms with E-state index in [9.17, 15) is 4.79 Å². The van der Waals surface area contributed by atoms with Crippen LogP contribution in [0.5, 0.6) is 5.75 Å². The zero-order chi connectivity index (χ0) is 14.8. The summed E-state index contributed by atoms with van der Waals surface area (Å²) in [7, 11) is 0. The average molecular weight is 268 g/mol. The number of carbonyl (C=O) groups excluding carboxylic acids is 1. The van der Waals surface area contributed by atoms with Gasteiger partial charge in [-0.25, -0.2) is 0 Å². The molecule has 0 saturated heterocycles. The van der Waals surface area contributed by atoms with Gasteiger partial charge in [0.2, 0.25) is 0 Å². The molecule has 0 amide bonds. The van der Waals surface area contributed by atoms with E-state index < -0.39 is 0 Å². The summed E-state index contributed by atoms with van der Waals surface area (Å²) in [5, 5.41) is 0. The third-order valence-corrected chi connectivity index (χ3v) is 2.97. The van der Waals surface area contributed by atoms with Crippen molar-refractivity contribution in [3.05, 3.63) is 54.1 Å². The van der Waals surface area contributed by atoms with Gasteiger partial charge in [-0.1, -0.05) is 36.8 Å². The third-order valence-electron chi connectivity index (χ3n) is 2.97. The van der Waals surface area contributed by atoms with E-state index in [1.165, 1.54) is 0 Å². The highest BCUT2D eigenvalue weighted by molar-refractivity contribution is 5.53. The van der Waals surface area contributed by atoms with Crippen LogP contribution >= 0.6 is 0 Å². The van der Waals surface area contributed by atoms with Gasteiger partial charge < -0.3 is 9.53 Å². The second-order valence-corrected chi connectivity index (χ2v) is 4.27. The Morgan fingerprint density at radius 1 is 1.40 bits per heavy atom. The molecular weight excluding hydrogens is 248 g/mol. The Kier molecular flexibility index (Phi) is 6.92. The van der Waals surface area contributed by atoms with Gasteiger partial charge in [0.1, 0.15) is 18.6 Å². The zero-order valence-electron chi connectivity index (χ0n) is 12.1. The highest BCUT2D eigenvalue weighted by Gasteiger charge is 2.07. The van der Waals surface area contributed by atoms with Gasteiger partial charge in [0, 0.05) is 6.42 Å². The highest BCUT2D eigenvalue weighted by Crippen LogP contribution is 2.21. The molecule has 0 saturated carbocycles. The molecule has 1 atom stereocenters. The highest BCUT2D eigenvalue weighted by atomic mass is 16.5. The van der Waals surface area contributed by atoms with E-state index >= 15 is 0 Å². The largest absolute Gasteiger partial charge is 0.489 e. The molecule has 0 radical (unpaired) electrons. The van der Waals surface area contributed by atoms with Crippen LogP contribution in [0.4, 0.5) is 0 Å². The standard InChI is InChI=1S/C18H20O2/c1-4-7-16(12-13-19)17-8-10-18(11-9-17)20-14-15(5-2)6-3/h5-6,8-11,13,16H,2,12,14H2,1,3H3/b15-6+. The van der Waals surface area contributed by atoms with Gasteiger partial charge in [-0.3, -0.25) is 0 Å². The van der Waals surface area contributed by atoms with Crippen molar-refractivity contribution >= 4 is 6.29 Å². The summed E-state index contributed by atoms with van der Waals surface area (Å²) in [6, 6.07) is 7.72. The Morgan fingerprint density at radius 2 is 2.10 bits per heavy atom. The molecule has 20 heavy (non-hydrogen) atoms. The first-order valence-corrected chi connectivity index (χ1v) is 6.61. The van der Waals surface area contributed by atoms with Gasteiger partial charge in [-0.2, -0.15) is 0 Å². The molecule has 0 aliphatic carbocycles. The summed E-state index contributed by atoms with van der Waals surface area (Å²) in [6.45, 7) is 7.97. The van der Waals surface area contributed by atoms with Gasteiger partial charge in [0.25, 0.3) is 0 Å². The van der Waals surface area contributed by atoms with Crippen LogP contribution in [0, 0.1) is 11.8 Å². The zero-order valence-corrected chi connectivity index (χ0v) is 12.1. The summed E-state index contributed by atoms with van der Waals surface area (Å²) in [5.41, 5.74) is 2.08. The Bertz CT molecular complexity index is 527. The second kappa shape index (κ2) is 8.77. The molecule has 0 aromatic heterocycles. The summed E-state index contributed by atoms with van der Waals surface area (Å²) in [6.07, 6.45) is 5.08. The van der Waals surface area contributed by atoms with Gasteiger partial charge in [-0.05, 0) is 37.1 Å². The van der Waals surface area contributed by atoms with Crippen LogP contribution in [0.15, 0.2) is 48.6 Å². The maximum atomic E-state index is 10.7. The molecule has 0 aliphatic rings. The number of carbonyl (C=O) groups is 1. The summed E-state index contributed by atoms with van der Waals surface area (Å²) < 4.78 is 5.66. The topological polar surface area (TPSA) is 26.3 Å². The fourth-order valence-corrected chi connectivity index (χ4v) is 1.77. The molecule has 0 fully saturated rings. The molecule has 1 unspecified atom stereocenters. The Labute approximate surface area is 121 Å². The van der Waals surface area contributed by atoms with Gasteiger partial charge in [0.15, 0.2) is 0 Å². The van der Waals surface area contributed by atoms with Crippen molar-refractivity contribution in [3.63, 3.8) is 0 Å². The van der Waals surface area contributed by atoms with E-state index in [2.05, 4.69) is 18.4 Å². The first-order valence-electron chi connectivity index (χ1n) is 6.61. The van der Waals surface area contributed by atoms with Crippen molar-refractivity contribution in [1.82, 2.24) is 0 Å². The lowest BCUT2D eigenvalue weighted by atomic mass is 9.97. The van der Waals surface area contributed by atoms with Crippen molar-refractivity contribution < 1.29 is 9.53 Å². The van der Waals surface area contributed by atoms with E-state index in [0.717, 1.165) is 23.2 Å². The minimum atomic E-state index is -0.0363. The van der Waals surface area contributed by atoms with Crippen LogP contribution in [0.25, 0.3) is 0 Å². The quantitative estimate of drug-likeness (QED) is 0.426. The minimum Gasteiger partial charge on any atom is -0.489 e. The lowest BCUT2D eigenvalue weighted by Gasteiger charge is -2.10. The molecule has 0 spiro atoms. The number of benzene rings is 1. The minimum absolute atomic E-state index is 0.0363. The molecule has 0 N–H and O–H groups in total. The van der Waals surface area contributed by atoms with Crippen molar-refractivity contribution in [1.29, 1.82) is 0 Å². The SMILES string of the molecule is C=C/C(=C\C)COc1ccc(C(C#CC)CC=O)cc1. The summed E-state index contributed by atoms with van der Waals surface area (Å²) >= 11 is 0. The smallest absolute Gasteiger partial charge is 0.121 e. The number of aldehydes is 1. The normalized spacial score (nSPS) is 12.0. The Morgan fingerprint density at radius 3 is 2.60 bits per heavy atom. The number of rotatable bonds is 7. The number of hydrogen-bond donors (Lipinski definition) is 0. The number of allylic oxidation sites excluding steroid dienone is 1. The summed E-state index contributed by atoms with van der Waals surface area (Å²) in [5.74, 6) is 6.66. The second-order valence-electron chi connectivity index (χ2n) is 4.27. The van der Waals surface area contributed by atoms with E-state index in [1.54, 1.807) is 13.0 Å². The van der Waals surface area contributed by atoms with Crippen LogP contribution in [0.2, 0.25) is 0 Å². The van der Waals surface area contributed by atoms with Crippen LogP contribution in [0.1, 0.15) is 31.7 Å². The molecule has 1 aromatic carbocycles. The van der Waals surface area contributed by atoms with Crippen molar-refractivity contribution in [3.8, 4) is 17.6 Å². The fraction of sp³-hybridized carbons (Fsp3) is 0.278. The molecule has 0 bridgehead atoms. The lowest BCUT2D eigenvalue weighted by molar-refractivity contribution is -0.107. The Balaban J connectivity index is 2.74. The lowest BCUT2D eigenvalue weighted by Crippen LogP contribution is -2.00. The maximum Gasteiger partial charge on any atom is 0.121 e. The fourth-order valence-electron chi connectivity index (χ4n) is 1.77. The van der Waals surface area contributed by atoms with Crippen LogP contribution < -0.4 is 4.74 Å². The third kappa shape index (κ3) is 4.78. The first-order chi connectivity index (χ1) is 9.74. The number of hydrogen-bond acceptors (Lipinski definition) is 2. The molecule has 0 aliphatic heterocycles. The van der Waals surface area contributed by atoms with Gasteiger partial charge in [-0.15, -0.1) is 5.92 Å². The molecule has 104 valence electrons. The van der Waals surface area contributed by atoms with E-state index in [-0.39, 0.29) is 5.92 Å². The van der Waals surface area contributed by atoms with Crippen molar-refractivity contribution in [2.45, 2.75) is 26.2 Å². The van der Waals surface area contributed by atoms with Crippen molar-refractivity contribution in [2.75, 3.05) is 6.61 Å². The molecule has 1 rings (SSSR count). The molecule has 1 aromatic rings. The van der Waals surface area contributed by atoms with Crippen molar-refractivity contribution in [2.24, 2.45) is 0 Å². The maximum absolute atomic E-state index is 10.7. The van der Waals surface area contributed by atoms with Crippen LogP contribution in [-0.2, 0) is 4.79 Å². The predicted octanol–water partition coefficient (Wildman–Crippen LogP) is 3.89. The van der Waals surface area contributed by atoms with Gasteiger partial charge >= 0.3 is 0 Å². The Hall–Kier alpha value is -2.27. The van der Waals surface area contributed by atoms with E-state index in [1.807, 2.05) is 37.3 Å². The average Bonchev–Trinajstić information content (AvgIpc) is 2.49. The molecule has 2 nitrogen and oxygen atoms in total. The van der Waals surface area contributed by atoms with Gasteiger partial charge in [0.05, 0.1) is 5.92 Å². The molecular formula is C18H20O2. The predicted molar refractivity (Wildman–Crippen MR) is 82.8 cm³/mol. The van der Waals surface area contributed by atoms with Crippen LogP contribution in [0.3, 0.4) is 0 Å². The summed E-state index contributed by atoms with van der Waals surface area (Å²) in [4.78, 5) is 10.7. The monoisotopic (exact) mass is 268 g/mol. The van der Waals surface area contributed by atoms with E-state index in [0.29, 0.717) is 13.0 Å². The molecule has 2 heteroatoms.